The predicted molar refractivity (Wildman–Crippen MR) is 114 cm³/mol. The van der Waals surface area contributed by atoms with Crippen LogP contribution in [0.1, 0.15) is 11.1 Å². The Morgan fingerprint density at radius 2 is 1.65 bits per heavy atom. The number of anilines is 1. The second-order valence-corrected chi connectivity index (χ2v) is 6.64. The average molecular weight is 428 g/mol. The molecule has 0 aliphatic carbocycles. The van der Waals surface area contributed by atoms with Crippen molar-refractivity contribution in [3.63, 3.8) is 0 Å². The number of aliphatic hydroxyl groups is 2. The van der Waals surface area contributed by atoms with Crippen LogP contribution in [-0.2, 0) is 4.79 Å². The smallest absolute Gasteiger partial charge is 0.415 e. The number of nitrogens with zero attached hydrogens (tertiary/aromatic N) is 1. The van der Waals surface area contributed by atoms with Crippen LogP contribution in [0, 0.1) is 0 Å². The molecule has 1 heterocycles. The van der Waals surface area contributed by atoms with Crippen LogP contribution in [-0.4, -0.2) is 67.6 Å². The molecule has 0 fully saturated rings. The Hall–Kier alpha value is -3.56. The summed E-state index contributed by atoms with van der Waals surface area (Å²) < 4.78 is 15.9. The number of fused-ring (bicyclic) bond motifs is 1. The second kappa shape index (κ2) is 9.96. The van der Waals surface area contributed by atoms with Gasteiger partial charge in [-0.25, -0.2) is 4.79 Å². The fraction of sp³-hybridized carbons (Fsp3) is 0.273. The van der Waals surface area contributed by atoms with E-state index in [2.05, 4.69) is 5.32 Å². The largest absolute Gasteiger partial charge is 0.493 e. The molecule has 31 heavy (non-hydrogen) atoms. The summed E-state index contributed by atoms with van der Waals surface area (Å²) in [5.74, 6) is 1.09. The highest BCUT2D eigenvalue weighted by molar-refractivity contribution is 6.35. The maximum Gasteiger partial charge on any atom is 0.415 e. The lowest BCUT2D eigenvalue weighted by Gasteiger charge is -2.19. The van der Waals surface area contributed by atoms with E-state index in [0.717, 1.165) is 5.56 Å². The normalized spacial score (nSPS) is 13.5. The molecule has 2 amide bonds. The number of benzene rings is 2. The van der Waals surface area contributed by atoms with Gasteiger partial charge in [-0.1, -0.05) is 12.1 Å². The zero-order valence-corrected chi connectivity index (χ0v) is 17.3. The van der Waals surface area contributed by atoms with Crippen molar-refractivity contribution in [1.82, 2.24) is 4.90 Å². The number of carbonyl (C=O) groups is 2. The maximum absolute atomic E-state index is 12.5. The highest BCUT2D eigenvalue weighted by atomic mass is 16.6. The van der Waals surface area contributed by atoms with Gasteiger partial charge >= 0.3 is 6.09 Å². The van der Waals surface area contributed by atoms with E-state index in [9.17, 15) is 9.59 Å². The van der Waals surface area contributed by atoms with Gasteiger partial charge in [0.25, 0.3) is 5.91 Å². The van der Waals surface area contributed by atoms with Gasteiger partial charge in [0.05, 0.1) is 33.1 Å². The molecule has 0 saturated heterocycles. The third-order valence-electron chi connectivity index (χ3n) is 4.70. The van der Waals surface area contributed by atoms with E-state index in [1.807, 2.05) is 0 Å². The van der Waals surface area contributed by atoms with Gasteiger partial charge < -0.3 is 34.6 Å². The molecule has 3 N–H and O–H groups in total. The molecule has 0 saturated carbocycles. The monoisotopic (exact) mass is 428 g/mol. The van der Waals surface area contributed by atoms with E-state index >= 15 is 0 Å². The molecule has 2 aromatic carbocycles. The van der Waals surface area contributed by atoms with Gasteiger partial charge in [-0.2, -0.15) is 0 Å². The third-order valence-corrected chi connectivity index (χ3v) is 4.70. The average Bonchev–Trinajstić information content (AvgIpc) is 3.07. The fourth-order valence-corrected chi connectivity index (χ4v) is 3.16. The molecule has 3 rings (SSSR count). The lowest BCUT2D eigenvalue weighted by Crippen LogP contribution is -2.37. The molecular formula is C22H24N2O7. The topological polar surface area (TPSA) is 118 Å². The first-order valence-corrected chi connectivity index (χ1v) is 9.58. The molecule has 0 radical (unpaired) electrons. The number of amides is 2. The number of ether oxygens (including phenoxy) is 3. The van der Waals surface area contributed by atoms with Gasteiger partial charge in [0.15, 0.2) is 11.5 Å². The van der Waals surface area contributed by atoms with E-state index in [0.29, 0.717) is 34.1 Å². The summed E-state index contributed by atoms with van der Waals surface area (Å²) in [4.78, 5) is 25.8. The first-order chi connectivity index (χ1) is 15.0. The predicted octanol–water partition coefficient (Wildman–Crippen LogP) is 1.98. The van der Waals surface area contributed by atoms with E-state index in [4.69, 9.17) is 24.4 Å². The molecular weight excluding hydrogens is 404 g/mol. The second-order valence-electron chi connectivity index (χ2n) is 6.64. The van der Waals surface area contributed by atoms with E-state index in [1.54, 1.807) is 42.5 Å². The van der Waals surface area contributed by atoms with Crippen LogP contribution in [0.2, 0.25) is 0 Å². The van der Waals surface area contributed by atoms with Crippen LogP contribution in [0.3, 0.4) is 0 Å². The van der Waals surface area contributed by atoms with Crippen LogP contribution in [0.5, 0.6) is 17.2 Å². The van der Waals surface area contributed by atoms with Crippen LogP contribution in [0.25, 0.3) is 11.6 Å². The number of methoxy groups -OCH3 is 2. The Labute approximate surface area is 179 Å². The molecule has 0 aromatic heterocycles. The van der Waals surface area contributed by atoms with Crippen LogP contribution >= 0.6 is 0 Å². The van der Waals surface area contributed by atoms with Crippen molar-refractivity contribution in [3.05, 3.63) is 47.5 Å². The summed E-state index contributed by atoms with van der Waals surface area (Å²) in [6.45, 7) is -0.345. The molecule has 0 atom stereocenters. The number of aliphatic hydroxyl groups excluding tert-OH is 2. The Morgan fingerprint density at radius 1 is 1.03 bits per heavy atom. The van der Waals surface area contributed by atoms with Crippen molar-refractivity contribution >= 4 is 29.3 Å². The Bertz CT molecular complexity index is 980. The number of hydrogen-bond acceptors (Lipinski definition) is 7. The quantitative estimate of drug-likeness (QED) is 0.551. The third kappa shape index (κ3) is 4.96. The summed E-state index contributed by atoms with van der Waals surface area (Å²) >= 11 is 0. The minimum Gasteiger partial charge on any atom is -0.493 e. The molecule has 9 heteroatoms. The fourth-order valence-electron chi connectivity index (χ4n) is 3.16. The number of carbonyl (C=O) groups excluding carboxylic acids is 2. The molecule has 2 aromatic rings. The van der Waals surface area contributed by atoms with Gasteiger partial charge in [0.1, 0.15) is 5.75 Å². The lowest BCUT2D eigenvalue weighted by atomic mass is 10.0. The zero-order valence-electron chi connectivity index (χ0n) is 17.3. The first kappa shape index (κ1) is 22.1. The number of hydrogen-bond donors (Lipinski definition) is 3. The molecule has 9 nitrogen and oxygen atoms in total. The zero-order chi connectivity index (χ0) is 22.4. The van der Waals surface area contributed by atoms with Crippen molar-refractivity contribution in [1.29, 1.82) is 0 Å². The SMILES string of the molecule is COc1cc2c(cc1OC)/C(=C\c1ccc(OC(=O)N(CCO)CCO)cc1)C(=O)N2. The first-order valence-electron chi connectivity index (χ1n) is 9.58. The standard InChI is InChI=1S/C22H24N2O7/c1-29-19-12-16-17(21(27)23-18(16)13-20(19)30-2)11-14-3-5-15(6-4-14)31-22(28)24(7-9-25)8-10-26/h3-6,11-13,25-26H,7-10H2,1-2H3,(H,23,27)/b17-11+. The Balaban J connectivity index is 1.80. The number of nitrogens with one attached hydrogen (secondary N) is 1. The number of rotatable bonds is 8. The van der Waals surface area contributed by atoms with Crippen molar-refractivity contribution in [2.24, 2.45) is 0 Å². The van der Waals surface area contributed by atoms with Crippen molar-refractivity contribution in [2.75, 3.05) is 45.8 Å². The summed E-state index contributed by atoms with van der Waals surface area (Å²) in [5, 5.41) is 20.8. The van der Waals surface area contributed by atoms with Crippen molar-refractivity contribution in [3.8, 4) is 17.2 Å². The maximum atomic E-state index is 12.5. The molecule has 164 valence electrons. The van der Waals surface area contributed by atoms with Gasteiger partial charge in [-0.3, -0.25) is 4.79 Å². The van der Waals surface area contributed by atoms with E-state index < -0.39 is 6.09 Å². The Kier molecular flexibility index (Phi) is 7.11. The van der Waals surface area contributed by atoms with E-state index in [-0.39, 0.29) is 32.2 Å². The molecule has 0 bridgehead atoms. The summed E-state index contributed by atoms with van der Waals surface area (Å²) in [6, 6.07) is 10.1. The van der Waals surface area contributed by atoms with Gasteiger partial charge in [0.2, 0.25) is 0 Å². The lowest BCUT2D eigenvalue weighted by molar-refractivity contribution is -0.110. The molecule has 0 spiro atoms. The van der Waals surface area contributed by atoms with Crippen molar-refractivity contribution < 1.29 is 34.0 Å². The summed E-state index contributed by atoms with van der Waals surface area (Å²) in [6.07, 6.45) is 1.06. The summed E-state index contributed by atoms with van der Waals surface area (Å²) in [5.41, 5.74) is 2.53. The highest BCUT2D eigenvalue weighted by Crippen LogP contribution is 2.41. The van der Waals surface area contributed by atoms with Crippen LogP contribution in [0.4, 0.5) is 10.5 Å². The highest BCUT2D eigenvalue weighted by Gasteiger charge is 2.26. The molecule has 1 aliphatic heterocycles. The molecule has 0 unspecified atom stereocenters. The minimum atomic E-state index is -0.667. The van der Waals surface area contributed by atoms with Gasteiger partial charge in [-0.05, 0) is 29.8 Å². The minimum absolute atomic E-state index is 0.0618. The Morgan fingerprint density at radius 3 is 2.23 bits per heavy atom. The van der Waals surface area contributed by atoms with Crippen LogP contribution in [0.15, 0.2) is 36.4 Å². The van der Waals surface area contributed by atoms with E-state index in [1.165, 1.54) is 19.1 Å². The summed E-state index contributed by atoms with van der Waals surface area (Å²) in [7, 11) is 3.05. The van der Waals surface area contributed by atoms with Crippen molar-refractivity contribution in [2.45, 2.75) is 0 Å². The van der Waals surface area contributed by atoms with Gasteiger partial charge in [0, 0.05) is 30.3 Å². The van der Waals surface area contributed by atoms with Gasteiger partial charge in [-0.15, -0.1) is 0 Å². The van der Waals surface area contributed by atoms with Crippen LogP contribution < -0.4 is 19.5 Å². The molecule has 1 aliphatic rings.